The van der Waals surface area contributed by atoms with Crippen LogP contribution in [0.1, 0.15) is 24.0 Å². The van der Waals surface area contributed by atoms with E-state index >= 15 is 0 Å². The molecule has 4 heterocycles. The first kappa shape index (κ1) is 23.5. The Balaban J connectivity index is 1.23. The fraction of sp³-hybridized carbons (Fsp3) is 0.172. The van der Waals surface area contributed by atoms with E-state index < -0.39 is 0 Å². The lowest BCUT2D eigenvalue weighted by atomic mass is 9.90. The molecule has 0 fully saturated rings. The third-order valence-electron chi connectivity index (χ3n) is 6.45. The summed E-state index contributed by atoms with van der Waals surface area (Å²) in [6.45, 7) is 0. The van der Waals surface area contributed by atoms with Gasteiger partial charge in [0.2, 0.25) is 11.8 Å². The first-order valence-electron chi connectivity index (χ1n) is 12.6. The predicted octanol–water partition coefficient (Wildman–Crippen LogP) is 5.85. The molecule has 0 aliphatic heterocycles. The predicted molar refractivity (Wildman–Crippen MR) is 147 cm³/mol. The van der Waals surface area contributed by atoms with Crippen LogP contribution in [-0.2, 0) is 12.8 Å². The largest absolute Gasteiger partial charge is 0.438 e. The molecule has 9 nitrogen and oxygen atoms in total. The van der Waals surface area contributed by atoms with Gasteiger partial charge in [-0.3, -0.25) is 4.98 Å². The third-order valence-corrected chi connectivity index (χ3v) is 6.45. The number of hydrogen-bond acceptors (Lipinski definition) is 9. The highest BCUT2D eigenvalue weighted by Crippen LogP contribution is 2.34. The van der Waals surface area contributed by atoms with Crippen molar-refractivity contribution in [3.05, 3.63) is 90.4 Å². The Morgan fingerprint density at radius 3 is 2.39 bits per heavy atom. The fourth-order valence-corrected chi connectivity index (χ4v) is 4.61. The summed E-state index contributed by atoms with van der Waals surface area (Å²) in [5.41, 5.74) is 6.61. The van der Waals surface area contributed by atoms with Crippen molar-refractivity contribution in [1.82, 2.24) is 30.1 Å². The molecule has 0 saturated heterocycles. The van der Waals surface area contributed by atoms with E-state index in [-0.39, 0.29) is 0 Å². The summed E-state index contributed by atoms with van der Waals surface area (Å²) in [6, 6.07) is 19.2. The van der Waals surface area contributed by atoms with Crippen LogP contribution in [0, 0.1) is 0 Å². The monoisotopic (exact) mass is 502 g/mol. The Morgan fingerprint density at radius 1 is 0.737 bits per heavy atom. The first-order valence-corrected chi connectivity index (χ1v) is 12.6. The maximum atomic E-state index is 6.14. The second-order valence-corrected chi connectivity index (χ2v) is 8.90. The number of rotatable bonds is 7. The molecule has 0 bridgehead atoms. The van der Waals surface area contributed by atoms with Crippen LogP contribution >= 0.6 is 0 Å². The zero-order valence-electron chi connectivity index (χ0n) is 20.9. The van der Waals surface area contributed by atoms with Crippen molar-refractivity contribution in [3.63, 3.8) is 0 Å². The zero-order chi connectivity index (χ0) is 25.7. The molecule has 0 amide bonds. The van der Waals surface area contributed by atoms with E-state index in [2.05, 4.69) is 40.8 Å². The van der Waals surface area contributed by atoms with Crippen LogP contribution in [0.3, 0.4) is 0 Å². The van der Waals surface area contributed by atoms with Gasteiger partial charge in [0.25, 0.3) is 0 Å². The van der Waals surface area contributed by atoms with Crippen molar-refractivity contribution < 1.29 is 4.74 Å². The van der Waals surface area contributed by atoms with E-state index in [0.29, 0.717) is 17.6 Å². The van der Waals surface area contributed by atoms with Gasteiger partial charge in [-0.25, -0.2) is 15.0 Å². The van der Waals surface area contributed by atoms with Crippen molar-refractivity contribution in [1.29, 1.82) is 0 Å². The number of hydrogen-bond donors (Lipinski definition) is 2. The molecule has 5 aromatic rings. The highest BCUT2D eigenvalue weighted by molar-refractivity contribution is 5.69. The molecule has 0 radical (unpaired) electrons. The van der Waals surface area contributed by atoms with Crippen molar-refractivity contribution in [2.24, 2.45) is 0 Å². The lowest BCUT2D eigenvalue weighted by Gasteiger charge is -2.21. The maximum Gasteiger partial charge on any atom is 0.228 e. The Kier molecular flexibility index (Phi) is 6.55. The number of pyridine rings is 2. The van der Waals surface area contributed by atoms with Crippen molar-refractivity contribution in [2.45, 2.75) is 25.7 Å². The topological polar surface area (TPSA) is 111 Å². The quantitative estimate of drug-likeness (QED) is 0.283. The van der Waals surface area contributed by atoms with Gasteiger partial charge in [-0.15, -0.1) is 10.2 Å². The van der Waals surface area contributed by atoms with Crippen LogP contribution in [0.4, 0.5) is 17.5 Å². The summed E-state index contributed by atoms with van der Waals surface area (Å²) in [4.78, 5) is 17.6. The van der Waals surface area contributed by atoms with Gasteiger partial charge in [0, 0.05) is 36.9 Å². The summed E-state index contributed by atoms with van der Waals surface area (Å²) in [7, 11) is 1.78. The van der Waals surface area contributed by atoms with Gasteiger partial charge in [0.15, 0.2) is 5.82 Å². The molecule has 188 valence electrons. The Morgan fingerprint density at radius 2 is 1.58 bits per heavy atom. The number of ether oxygens (including phenoxy) is 1. The molecule has 1 aliphatic rings. The van der Waals surface area contributed by atoms with E-state index in [1.54, 1.807) is 25.6 Å². The molecule has 0 unspecified atom stereocenters. The highest BCUT2D eigenvalue weighted by atomic mass is 16.5. The number of nitrogens with one attached hydrogen (secondary N) is 2. The first-order chi connectivity index (χ1) is 18.8. The molecule has 0 atom stereocenters. The summed E-state index contributed by atoms with van der Waals surface area (Å²) < 4.78 is 6.14. The minimum Gasteiger partial charge on any atom is -0.438 e. The lowest BCUT2D eigenvalue weighted by Crippen LogP contribution is -2.12. The van der Waals surface area contributed by atoms with Crippen molar-refractivity contribution in [3.8, 4) is 34.3 Å². The van der Waals surface area contributed by atoms with Gasteiger partial charge in [-0.05, 0) is 85.8 Å². The van der Waals surface area contributed by atoms with Crippen LogP contribution in [0.25, 0.3) is 22.6 Å². The van der Waals surface area contributed by atoms with Gasteiger partial charge in [-0.2, -0.15) is 0 Å². The SMILES string of the molecule is CNc1nccc(-c2cccnc2Oc2ccc(Nc3nnc(-c4ccccn4)c4c3CCCC4)cc2)n1. The average Bonchev–Trinajstić information content (AvgIpc) is 2.99. The molecule has 4 aromatic heterocycles. The standard InChI is InChI=1S/C29H26N8O/c1-30-29-33-18-15-24(35-29)23-9-6-17-32-28(23)38-20-13-11-19(12-14-20)34-27-22-8-3-2-7-21(22)26(36-37-27)25-10-4-5-16-31-25/h4-6,9-18H,2-3,7-8H2,1H3,(H,34,37)(H,30,33,35). The molecule has 38 heavy (non-hydrogen) atoms. The summed E-state index contributed by atoms with van der Waals surface area (Å²) in [5.74, 6) is 2.46. The van der Waals surface area contributed by atoms with Gasteiger partial charge >= 0.3 is 0 Å². The Bertz CT molecular complexity index is 1560. The smallest absolute Gasteiger partial charge is 0.228 e. The van der Waals surface area contributed by atoms with E-state index in [0.717, 1.165) is 59.8 Å². The summed E-state index contributed by atoms with van der Waals surface area (Å²) >= 11 is 0. The molecular formula is C29H26N8O. The molecule has 0 spiro atoms. The van der Waals surface area contributed by atoms with E-state index in [9.17, 15) is 0 Å². The van der Waals surface area contributed by atoms with Crippen molar-refractivity contribution in [2.75, 3.05) is 17.7 Å². The molecule has 0 saturated carbocycles. The molecular weight excluding hydrogens is 476 g/mol. The molecule has 9 heteroatoms. The number of benzene rings is 1. The van der Waals surface area contributed by atoms with E-state index in [1.807, 2.05) is 60.7 Å². The third kappa shape index (κ3) is 4.86. The van der Waals surface area contributed by atoms with Crippen LogP contribution < -0.4 is 15.4 Å². The maximum absolute atomic E-state index is 6.14. The molecule has 1 aliphatic carbocycles. The highest BCUT2D eigenvalue weighted by Gasteiger charge is 2.21. The van der Waals surface area contributed by atoms with Crippen molar-refractivity contribution >= 4 is 17.5 Å². The van der Waals surface area contributed by atoms with Crippen LogP contribution in [0.15, 0.2) is 79.3 Å². The molecule has 2 N–H and O–H groups in total. The van der Waals surface area contributed by atoms with E-state index in [4.69, 9.17) is 4.74 Å². The van der Waals surface area contributed by atoms with Crippen LogP contribution in [0.2, 0.25) is 0 Å². The average molecular weight is 503 g/mol. The summed E-state index contributed by atoms with van der Waals surface area (Å²) in [5, 5.41) is 15.5. The number of nitrogens with zero attached hydrogens (tertiary/aromatic N) is 6. The van der Waals surface area contributed by atoms with Gasteiger partial charge < -0.3 is 15.4 Å². The van der Waals surface area contributed by atoms with Gasteiger partial charge in [-0.1, -0.05) is 6.07 Å². The van der Waals surface area contributed by atoms with Crippen LogP contribution in [-0.4, -0.2) is 37.2 Å². The number of anilines is 3. The number of aromatic nitrogens is 6. The van der Waals surface area contributed by atoms with E-state index in [1.165, 1.54) is 11.1 Å². The Hall–Kier alpha value is -4.92. The second-order valence-electron chi connectivity index (χ2n) is 8.90. The van der Waals surface area contributed by atoms with Crippen LogP contribution in [0.5, 0.6) is 11.6 Å². The molecule has 1 aromatic carbocycles. The van der Waals surface area contributed by atoms with Gasteiger partial charge in [0.1, 0.15) is 11.4 Å². The minimum absolute atomic E-state index is 0.471. The summed E-state index contributed by atoms with van der Waals surface area (Å²) in [6.07, 6.45) is 9.42. The van der Waals surface area contributed by atoms with Gasteiger partial charge in [0.05, 0.1) is 17.0 Å². The lowest BCUT2D eigenvalue weighted by molar-refractivity contribution is 0.465. The fourth-order valence-electron chi connectivity index (χ4n) is 4.61. The number of fused-ring (bicyclic) bond motifs is 1. The normalized spacial score (nSPS) is 12.4. The Labute approximate surface area is 220 Å². The zero-order valence-corrected chi connectivity index (χ0v) is 20.9. The second kappa shape index (κ2) is 10.6. The minimum atomic E-state index is 0.471. The molecule has 6 rings (SSSR count).